The van der Waals surface area contributed by atoms with Gasteiger partial charge in [0, 0.05) is 18.0 Å². The van der Waals surface area contributed by atoms with Crippen LogP contribution in [0.5, 0.6) is 0 Å². The summed E-state index contributed by atoms with van der Waals surface area (Å²) in [6.07, 6.45) is 3.60. The summed E-state index contributed by atoms with van der Waals surface area (Å²) >= 11 is 0. The molecule has 3 aromatic rings. The van der Waals surface area contributed by atoms with Crippen LogP contribution in [0.1, 0.15) is 50.1 Å². The molecule has 120 valence electrons. The molecule has 1 atom stereocenters. The van der Waals surface area contributed by atoms with E-state index in [1.54, 1.807) is 6.20 Å². The molecule has 8 nitrogen and oxygen atoms in total. The average molecular weight is 312 g/mol. The lowest BCUT2D eigenvalue weighted by molar-refractivity contribution is 0.782. The third kappa shape index (κ3) is 3.20. The monoisotopic (exact) mass is 312 g/mol. The summed E-state index contributed by atoms with van der Waals surface area (Å²) in [5.41, 5.74) is 2.82. The highest BCUT2D eigenvalue weighted by Crippen LogP contribution is 2.26. The van der Waals surface area contributed by atoms with E-state index < -0.39 is 0 Å². The van der Waals surface area contributed by atoms with Gasteiger partial charge in [0.1, 0.15) is 5.82 Å². The maximum Gasteiger partial charge on any atom is 0.223 e. The number of hydrogen-bond donors (Lipinski definition) is 3. The van der Waals surface area contributed by atoms with Crippen molar-refractivity contribution in [3.05, 3.63) is 35.8 Å². The molecule has 0 aliphatic rings. The van der Waals surface area contributed by atoms with Gasteiger partial charge in [-0.15, -0.1) is 10.2 Å². The van der Waals surface area contributed by atoms with E-state index in [2.05, 4.69) is 54.5 Å². The zero-order valence-electron chi connectivity index (χ0n) is 13.6. The quantitative estimate of drug-likeness (QED) is 0.668. The maximum absolute atomic E-state index is 4.59. The molecular weight excluding hydrogens is 292 g/mol. The van der Waals surface area contributed by atoms with Gasteiger partial charge in [-0.1, -0.05) is 13.8 Å². The number of rotatable bonds is 5. The predicted octanol–water partition coefficient (Wildman–Crippen LogP) is 2.59. The van der Waals surface area contributed by atoms with Crippen LogP contribution in [0, 0.1) is 6.92 Å². The molecule has 0 amide bonds. The van der Waals surface area contributed by atoms with Crippen LogP contribution in [-0.4, -0.2) is 35.3 Å². The van der Waals surface area contributed by atoms with E-state index in [0.717, 1.165) is 28.6 Å². The lowest BCUT2D eigenvalue weighted by Gasteiger charge is -2.11. The minimum Gasteiger partial charge on any atom is -0.344 e. The predicted molar refractivity (Wildman–Crippen MR) is 86.9 cm³/mol. The van der Waals surface area contributed by atoms with Crippen molar-refractivity contribution in [3.8, 4) is 11.3 Å². The zero-order valence-corrected chi connectivity index (χ0v) is 13.6. The van der Waals surface area contributed by atoms with E-state index >= 15 is 0 Å². The second kappa shape index (κ2) is 6.15. The summed E-state index contributed by atoms with van der Waals surface area (Å²) in [6.45, 7) is 8.06. The number of aromatic amines is 2. The summed E-state index contributed by atoms with van der Waals surface area (Å²) in [7, 11) is 0. The number of anilines is 1. The van der Waals surface area contributed by atoms with Crippen LogP contribution in [-0.2, 0) is 0 Å². The van der Waals surface area contributed by atoms with Crippen molar-refractivity contribution < 1.29 is 0 Å². The molecular formula is C15H20N8. The molecule has 0 fully saturated rings. The van der Waals surface area contributed by atoms with Crippen LogP contribution in [0.15, 0.2) is 18.5 Å². The molecule has 0 bridgehead atoms. The number of nitrogens with zero attached hydrogens (tertiary/aromatic N) is 5. The van der Waals surface area contributed by atoms with Gasteiger partial charge < -0.3 is 10.3 Å². The number of aryl methyl sites for hydroxylation is 1. The van der Waals surface area contributed by atoms with Crippen molar-refractivity contribution in [1.82, 2.24) is 35.3 Å². The molecule has 23 heavy (non-hydrogen) atoms. The van der Waals surface area contributed by atoms with E-state index in [9.17, 15) is 0 Å². The summed E-state index contributed by atoms with van der Waals surface area (Å²) in [4.78, 5) is 12.0. The third-order valence-electron chi connectivity index (χ3n) is 3.52. The van der Waals surface area contributed by atoms with Gasteiger partial charge in [0.05, 0.1) is 17.4 Å². The first-order chi connectivity index (χ1) is 11.0. The van der Waals surface area contributed by atoms with Crippen molar-refractivity contribution in [3.63, 3.8) is 0 Å². The van der Waals surface area contributed by atoms with Gasteiger partial charge in [0.25, 0.3) is 0 Å². The molecule has 0 radical (unpaired) electrons. The Balaban J connectivity index is 1.84. The molecule has 0 saturated carbocycles. The average Bonchev–Trinajstić information content (AvgIpc) is 3.16. The maximum atomic E-state index is 4.59. The second-order valence-corrected chi connectivity index (χ2v) is 5.77. The Morgan fingerprint density at radius 1 is 1.17 bits per heavy atom. The smallest absolute Gasteiger partial charge is 0.223 e. The van der Waals surface area contributed by atoms with Crippen LogP contribution in [0.2, 0.25) is 0 Å². The molecule has 8 heteroatoms. The Labute approximate surface area is 134 Å². The number of nitrogens with one attached hydrogen (secondary N) is 3. The summed E-state index contributed by atoms with van der Waals surface area (Å²) in [5.74, 6) is 2.39. The molecule has 3 rings (SSSR count). The lowest BCUT2D eigenvalue weighted by Crippen LogP contribution is -2.11. The Kier molecular flexibility index (Phi) is 4.05. The molecule has 0 aromatic carbocycles. The van der Waals surface area contributed by atoms with Gasteiger partial charge in [-0.2, -0.15) is 5.10 Å². The SMILES string of the molecule is Cc1nnc(C(C)Nc2nccc(-c3c[nH]nc3C(C)C)n2)[nH]1. The van der Waals surface area contributed by atoms with Crippen molar-refractivity contribution in [2.75, 3.05) is 5.32 Å². The molecule has 3 aromatic heterocycles. The zero-order chi connectivity index (χ0) is 16.4. The van der Waals surface area contributed by atoms with E-state index in [4.69, 9.17) is 0 Å². The first-order valence-electron chi connectivity index (χ1n) is 7.57. The van der Waals surface area contributed by atoms with Crippen LogP contribution < -0.4 is 5.32 Å². The molecule has 0 saturated heterocycles. The molecule has 0 aliphatic carbocycles. The highest BCUT2D eigenvalue weighted by molar-refractivity contribution is 5.62. The van der Waals surface area contributed by atoms with Gasteiger partial charge in [0.15, 0.2) is 5.82 Å². The van der Waals surface area contributed by atoms with Crippen LogP contribution in [0.4, 0.5) is 5.95 Å². The molecule has 0 spiro atoms. The number of aromatic nitrogens is 7. The number of hydrogen-bond acceptors (Lipinski definition) is 6. The Bertz CT molecular complexity index is 788. The van der Waals surface area contributed by atoms with Gasteiger partial charge in [-0.25, -0.2) is 9.97 Å². The van der Waals surface area contributed by atoms with Crippen molar-refractivity contribution >= 4 is 5.95 Å². The summed E-state index contributed by atoms with van der Waals surface area (Å²) in [5, 5.41) is 18.5. The number of H-pyrrole nitrogens is 2. The Morgan fingerprint density at radius 3 is 2.70 bits per heavy atom. The normalized spacial score (nSPS) is 12.6. The van der Waals surface area contributed by atoms with Crippen molar-refractivity contribution in [2.24, 2.45) is 0 Å². The minimum atomic E-state index is -0.0691. The molecule has 0 aliphatic heterocycles. The largest absolute Gasteiger partial charge is 0.344 e. The molecule has 1 unspecified atom stereocenters. The van der Waals surface area contributed by atoms with Gasteiger partial charge in [0.2, 0.25) is 5.95 Å². The van der Waals surface area contributed by atoms with Gasteiger partial charge >= 0.3 is 0 Å². The minimum absolute atomic E-state index is 0.0691. The topological polar surface area (TPSA) is 108 Å². The molecule has 3 N–H and O–H groups in total. The van der Waals surface area contributed by atoms with E-state index in [1.165, 1.54) is 0 Å². The highest BCUT2D eigenvalue weighted by atomic mass is 15.2. The molecule has 3 heterocycles. The summed E-state index contributed by atoms with van der Waals surface area (Å²) < 4.78 is 0. The fourth-order valence-corrected chi connectivity index (χ4v) is 2.35. The Morgan fingerprint density at radius 2 is 2.00 bits per heavy atom. The van der Waals surface area contributed by atoms with E-state index in [-0.39, 0.29) is 6.04 Å². The van der Waals surface area contributed by atoms with Crippen molar-refractivity contribution in [1.29, 1.82) is 0 Å². The fourth-order valence-electron chi connectivity index (χ4n) is 2.35. The Hall–Kier alpha value is -2.77. The highest BCUT2D eigenvalue weighted by Gasteiger charge is 2.15. The second-order valence-electron chi connectivity index (χ2n) is 5.77. The third-order valence-corrected chi connectivity index (χ3v) is 3.52. The first-order valence-corrected chi connectivity index (χ1v) is 7.57. The first kappa shape index (κ1) is 15.1. The van der Waals surface area contributed by atoms with Crippen molar-refractivity contribution in [2.45, 2.75) is 39.7 Å². The van der Waals surface area contributed by atoms with Crippen LogP contribution in [0.25, 0.3) is 11.3 Å². The van der Waals surface area contributed by atoms with Crippen LogP contribution >= 0.6 is 0 Å². The summed E-state index contributed by atoms with van der Waals surface area (Å²) in [6, 6.07) is 1.81. The fraction of sp³-hybridized carbons (Fsp3) is 0.400. The van der Waals surface area contributed by atoms with Gasteiger partial charge in [-0.3, -0.25) is 5.10 Å². The van der Waals surface area contributed by atoms with E-state index in [1.807, 2.05) is 26.1 Å². The van der Waals surface area contributed by atoms with Crippen LogP contribution in [0.3, 0.4) is 0 Å². The lowest BCUT2D eigenvalue weighted by atomic mass is 10.0. The standard InChI is InChI=1S/C15H20N8/c1-8(2)13-11(7-17-22-13)12-5-6-16-15(20-12)18-9(3)14-19-10(4)21-23-14/h5-9H,1-4H3,(H,17,22)(H,16,18,20)(H,19,21,23). The van der Waals surface area contributed by atoms with Gasteiger partial charge in [-0.05, 0) is 25.8 Å². The van der Waals surface area contributed by atoms with E-state index in [0.29, 0.717) is 11.9 Å².